The third-order valence-electron chi connectivity index (χ3n) is 4.05. The Morgan fingerprint density at radius 1 is 1.26 bits per heavy atom. The van der Waals surface area contributed by atoms with Crippen LogP contribution in [0.4, 0.5) is 11.4 Å². The molecule has 0 N–H and O–H groups in total. The summed E-state index contributed by atoms with van der Waals surface area (Å²) in [7, 11) is 0. The van der Waals surface area contributed by atoms with Crippen molar-refractivity contribution in [3.63, 3.8) is 0 Å². The van der Waals surface area contributed by atoms with Crippen molar-refractivity contribution in [3.8, 4) is 0 Å². The van der Waals surface area contributed by atoms with E-state index in [0.717, 1.165) is 11.3 Å². The summed E-state index contributed by atoms with van der Waals surface area (Å²) in [5.41, 5.74) is 2.09. The van der Waals surface area contributed by atoms with Gasteiger partial charge in [0.2, 0.25) is 0 Å². The van der Waals surface area contributed by atoms with Crippen molar-refractivity contribution < 1.29 is 9.66 Å². The van der Waals surface area contributed by atoms with Crippen LogP contribution < -0.4 is 4.90 Å². The molecule has 1 aliphatic heterocycles. The predicted molar refractivity (Wildman–Crippen MR) is 90.0 cm³/mol. The predicted octanol–water partition coefficient (Wildman–Crippen LogP) is 4.21. The molecular weight excluding hydrogens is 316 g/mol. The standard InChI is InChI=1S/C17H17ClN2O3/c1-12-11-23-17(13-3-2-4-14(18)9-13)10-19(12)15-5-7-16(8-6-15)20(21)22/h2-9,12,17H,10-11H2,1H3. The molecule has 2 unspecified atom stereocenters. The fourth-order valence-corrected chi connectivity index (χ4v) is 2.99. The van der Waals surface area contributed by atoms with Gasteiger partial charge >= 0.3 is 0 Å². The third-order valence-corrected chi connectivity index (χ3v) is 4.28. The van der Waals surface area contributed by atoms with Gasteiger partial charge in [0.1, 0.15) is 6.10 Å². The number of nitro groups is 1. The first-order valence-electron chi connectivity index (χ1n) is 7.43. The Labute approximate surface area is 139 Å². The van der Waals surface area contributed by atoms with Gasteiger partial charge in [0, 0.05) is 35.4 Å². The Morgan fingerprint density at radius 2 is 2.00 bits per heavy atom. The van der Waals surface area contributed by atoms with Crippen molar-refractivity contribution >= 4 is 23.0 Å². The topological polar surface area (TPSA) is 55.6 Å². The molecule has 1 aliphatic rings. The first kappa shape index (κ1) is 15.8. The van der Waals surface area contributed by atoms with E-state index in [9.17, 15) is 10.1 Å². The van der Waals surface area contributed by atoms with E-state index in [1.807, 2.05) is 24.3 Å². The second-order valence-corrected chi connectivity index (χ2v) is 6.09. The number of morpholine rings is 1. The van der Waals surface area contributed by atoms with Crippen LogP contribution in [-0.2, 0) is 4.74 Å². The van der Waals surface area contributed by atoms with Crippen LogP contribution in [-0.4, -0.2) is 24.1 Å². The van der Waals surface area contributed by atoms with Crippen LogP contribution in [0.2, 0.25) is 5.02 Å². The maximum absolute atomic E-state index is 10.8. The molecule has 1 saturated heterocycles. The highest BCUT2D eigenvalue weighted by Crippen LogP contribution is 2.30. The summed E-state index contributed by atoms with van der Waals surface area (Å²) in [6.45, 7) is 3.35. The molecule has 0 bridgehead atoms. The highest BCUT2D eigenvalue weighted by molar-refractivity contribution is 6.30. The van der Waals surface area contributed by atoms with Gasteiger partial charge in [-0.3, -0.25) is 10.1 Å². The molecule has 0 saturated carbocycles. The highest BCUT2D eigenvalue weighted by atomic mass is 35.5. The summed E-state index contributed by atoms with van der Waals surface area (Å²) in [5.74, 6) is 0. The monoisotopic (exact) mass is 332 g/mol. The lowest BCUT2D eigenvalue weighted by molar-refractivity contribution is -0.384. The Hall–Kier alpha value is -2.11. The molecule has 0 radical (unpaired) electrons. The first-order valence-corrected chi connectivity index (χ1v) is 7.80. The van der Waals surface area contributed by atoms with Crippen LogP contribution in [0.3, 0.4) is 0 Å². The number of rotatable bonds is 3. The number of ether oxygens (including phenoxy) is 1. The van der Waals surface area contributed by atoms with E-state index in [1.54, 1.807) is 12.1 Å². The van der Waals surface area contributed by atoms with Gasteiger partial charge in [0.15, 0.2) is 0 Å². The molecule has 0 aromatic heterocycles. The molecule has 0 aliphatic carbocycles. The normalized spacial score (nSPS) is 21.2. The van der Waals surface area contributed by atoms with Crippen LogP contribution in [0.5, 0.6) is 0 Å². The van der Waals surface area contributed by atoms with Crippen LogP contribution >= 0.6 is 11.6 Å². The zero-order valence-corrected chi connectivity index (χ0v) is 13.4. The van der Waals surface area contributed by atoms with E-state index in [-0.39, 0.29) is 22.8 Å². The summed E-state index contributed by atoms with van der Waals surface area (Å²) in [6.07, 6.45) is -0.0694. The molecule has 1 heterocycles. The lowest BCUT2D eigenvalue weighted by Gasteiger charge is -2.39. The molecule has 2 aromatic carbocycles. The van der Waals surface area contributed by atoms with Gasteiger partial charge in [-0.1, -0.05) is 23.7 Å². The summed E-state index contributed by atoms with van der Waals surface area (Å²) < 4.78 is 5.94. The van der Waals surface area contributed by atoms with Gasteiger partial charge in [0.25, 0.3) is 5.69 Å². The van der Waals surface area contributed by atoms with E-state index < -0.39 is 0 Å². The molecule has 5 nitrogen and oxygen atoms in total. The van der Waals surface area contributed by atoms with Gasteiger partial charge in [-0.2, -0.15) is 0 Å². The van der Waals surface area contributed by atoms with Gasteiger partial charge < -0.3 is 9.64 Å². The molecule has 6 heteroatoms. The van der Waals surface area contributed by atoms with Crippen molar-refractivity contribution in [2.45, 2.75) is 19.1 Å². The quantitative estimate of drug-likeness (QED) is 0.624. The fraction of sp³-hybridized carbons (Fsp3) is 0.294. The van der Waals surface area contributed by atoms with Gasteiger partial charge in [-0.25, -0.2) is 0 Å². The van der Waals surface area contributed by atoms with Crippen molar-refractivity contribution in [2.75, 3.05) is 18.1 Å². The Bertz CT molecular complexity index is 705. The summed E-state index contributed by atoms with van der Waals surface area (Å²) in [4.78, 5) is 12.6. The minimum Gasteiger partial charge on any atom is -0.370 e. The summed E-state index contributed by atoms with van der Waals surface area (Å²) in [6, 6.07) is 14.5. The van der Waals surface area contributed by atoms with E-state index >= 15 is 0 Å². The smallest absolute Gasteiger partial charge is 0.269 e. The van der Waals surface area contributed by atoms with Crippen LogP contribution in [0.25, 0.3) is 0 Å². The number of nitrogens with zero attached hydrogens (tertiary/aromatic N) is 2. The number of non-ortho nitro benzene ring substituents is 1. The fourth-order valence-electron chi connectivity index (χ4n) is 2.79. The third kappa shape index (κ3) is 3.46. The second kappa shape index (κ2) is 6.56. The lowest BCUT2D eigenvalue weighted by Crippen LogP contribution is -2.45. The Morgan fingerprint density at radius 3 is 2.65 bits per heavy atom. The second-order valence-electron chi connectivity index (χ2n) is 5.65. The number of hydrogen-bond donors (Lipinski definition) is 0. The number of nitro benzene ring substituents is 1. The van der Waals surface area contributed by atoms with Crippen LogP contribution in [0.15, 0.2) is 48.5 Å². The molecule has 0 amide bonds. The van der Waals surface area contributed by atoms with E-state index in [0.29, 0.717) is 18.2 Å². The molecule has 120 valence electrons. The van der Waals surface area contributed by atoms with E-state index in [2.05, 4.69) is 11.8 Å². The van der Waals surface area contributed by atoms with Gasteiger partial charge in [-0.15, -0.1) is 0 Å². The Balaban J connectivity index is 1.82. The van der Waals surface area contributed by atoms with Crippen LogP contribution in [0, 0.1) is 10.1 Å². The number of halogens is 1. The highest BCUT2D eigenvalue weighted by Gasteiger charge is 2.27. The lowest BCUT2D eigenvalue weighted by atomic mass is 10.1. The Kier molecular flexibility index (Phi) is 4.50. The van der Waals surface area contributed by atoms with Gasteiger partial charge in [0.05, 0.1) is 11.5 Å². The molecule has 2 aromatic rings. The van der Waals surface area contributed by atoms with Crippen molar-refractivity contribution in [2.24, 2.45) is 0 Å². The van der Waals surface area contributed by atoms with Crippen molar-refractivity contribution in [1.82, 2.24) is 0 Å². The number of benzene rings is 2. The maximum atomic E-state index is 10.8. The molecule has 0 spiro atoms. The molecule has 23 heavy (non-hydrogen) atoms. The molecule has 2 atom stereocenters. The van der Waals surface area contributed by atoms with E-state index in [1.165, 1.54) is 12.1 Å². The zero-order valence-electron chi connectivity index (χ0n) is 12.7. The average Bonchev–Trinajstić information content (AvgIpc) is 2.55. The molecule has 3 rings (SSSR count). The molecule has 1 fully saturated rings. The van der Waals surface area contributed by atoms with E-state index in [4.69, 9.17) is 16.3 Å². The first-order chi connectivity index (χ1) is 11.0. The van der Waals surface area contributed by atoms with Crippen LogP contribution in [0.1, 0.15) is 18.6 Å². The summed E-state index contributed by atoms with van der Waals surface area (Å²) in [5, 5.41) is 11.5. The summed E-state index contributed by atoms with van der Waals surface area (Å²) >= 11 is 6.06. The van der Waals surface area contributed by atoms with Gasteiger partial charge in [-0.05, 0) is 36.8 Å². The average molecular weight is 333 g/mol. The SMILES string of the molecule is CC1COC(c2cccc(Cl)c2)CN1c1ccc([N+](=O)[O-])cc1. The largest absolute Gasteiger partial charge is 0.370 e. The minimum absolute atomic E-state index is 0.0694. The number of anilines is 1. The zero-order chi connectivity index (χ0) is 16.4. The van der Waals surface area contributed by atoms with Crippen molar-refractivity contribution in [3.05, 3.63) is 69.2 Å². The molecular formula is C17H17ClN2O3. The number of hydrogen-bond acceptors (Lipinski definition) is 4. The maximum Gasteiger partial charge on any atom is 0.269 e. The minimum atomic E-state index is -0.388. The van der Waals surface area contributed by atoms with Crippen molar-refractivity contribution in [1.29, 1.82) is 0 Å².